The number of hydrogen-bond acceptors (Lipinski definition) is 2. The van der Waals surface area contributed by atoms with Crippen molar-refractivity contribution in [2.45, 2.75) is 12.8 Å². The van der Waals surface area contributed by atoms with Crippen molar-refractivity contribution in [3.8, 4) is 0 Å². The van der Waals surface area contributed by atoms with E-state index in [-0.39, 0.29) is 11.8 Å². The average Bonchev–Trinajstić information content (AvgIpc) is 2.44. The van der Waals surface area contributed by atoms with Crippen LogP contribution in [0.4, 0.5) is 0 Å². The molecule has 3 nitrogen and oxygen atoms in total. The van der Waals surface area contributed by atoms with Crippen LogP contribution >= 0.6 is 0 Å². The lowest BCUT2D eigenvalue weighted by atomic mass is 9.88. The zero-order chi connectivity index (χ0) is 9.26. The fourth-order valence-corrected chi connectivity index (χ4v) is 2.09. The Morgan fingerprint density at radius 1 is 1.62 bits per heavy atom. The smallest absolute Gasteiger partial charge is 0.307 e. The highest BCUT2D eigenvalue weighted by Crippen LogP contribution is 2.31. The number of carbonyl (C=O) groups is 1. The Kier molecular flexibility index (Phi) is 2.08. The summed E-state index contributed by atoms with van der Waals surface area (Å²) < 4.78 is 0. The van der Waals surface area contributed by atoms with Gasteiger partial charge in [-0.1, -0.05) is 12.2 Å². The first-order valence-corrected chi connectivity index (χ1v) is 4.62. The normalized spacial score (nSPS) is 31.5. The molecule has 13 heavy (non-hydrogen) atoms. The van der Waals surface area contributed by atoms with E-state index < -0.39 is 5.97 Å². The lowest BCUT2D eigenvalue weighted by molar-refractivity contribution is -0.143. The predicted molar refractivity (Wildman–Crippen MR) is 49.1 cm³/mol. The van der Waals surface area contributed by atoms with Crippen molar-refractivity contribution < 1.29 is 9.90 Å². The maximum Gasteiger partial charge on any atom is 0.307 e. The third kappa shape index (κ3) is 1.46. The van der Waals surface area contributed by atoms with Gasteiger partial charge >= 0.3 is 5.97 Å². The minimum Gasteiger partial charge on any atom is -0.481 e. The predicted octanol–water partition coefficient (Wildman–Crippen LogP) is 1.14. The van der Waals surface area contributed by atoms with Gasteiger partial charge in [0.2, 0.25) is 0 Å². The molecule has 0 spiro atoms. The largest absolute Gasteiger partial charge is 0.481 e. The van der Waals surface area contributed by atoms with Gasteiger partial charge in [-0.25, -0.2) is 0 Å². The summed E-state index contributed by atoms with van der Waals surface area (Å²) in [7, 11) is 0. The Hall–Kier alpha value is -1.25. The number of aliphatic carboxylic acids is 1. The number of rotatable bonds is 1. The molecule has 1 saturated heterocycles. The minimum absolute atomic E-state index is 0.201. The molecule has 0 aromatic heterocycles. The summed E-state index contributed by atoms with van der Waals surface area (Å²) in [5.41, 5.74) is 1.10. The maximum absolute atomic E-state index is 11.0. The Labute approximate surface area is 77.1 Å². The van der Waals surface area contributed by atoms with Crippen molar-refractivity contribution in [1.29, 1.82) is 0 Å². The van der Waals surface area contributed by atoms with Gasteiger partial charge in [0.05, 0.1) is 5.92 Å². The van der Waals surface area contributed by atoms with Crippen LogP contribution in [0.5, 0.6) is 0 Å². The van der Waals surface area contributed by atoms with Crippen molar-refractivity contribution in [2.24, 2.45) is 11.8 Å². The van der Waals surface area contributed by atoms with Gasteiger partial charge < -0.3 is 10.4 Å². The van der Waals surface area contributed by atoms with E-state index in [0.29, 0.717) is 6.42 Å². The van der Waals surface area contributed by atoms with Crippen molar-refractivity contribution in [3.05, 3.63) is 23.9 Å². The molecule has 1 heterocycles. The molecule has 2 aliphatic rings. The van der Waals surface area contributed by atoms with Crippen molar-refractivity contribution in [3.63, 3.8) is 0 Å². The SMILES string of the molecule is O=C(O)C1CC=CC=C2NCCC21. The highest BCUT2D eigenvalue weighted by molar-refractivity contribution is 5.71. The monoisotopic (exact) mass is 179 g/mol. The lowest BCUT2D eigenvalue weighted by Crippen LogP contribution is -2.23. The summed E-state index contributed by atoms with van der Waals surface area (Å²) in [6, 6.07) is 0. The van der Waals surface area contributed by atoms with Gasteiger partial charge in [-0.15, -0.1) is 0 Å². The van der Waals surface area contributed by atoms with Gasteiger partial charge in [0.1, 0.15) is 0 Å². The molecule has 0 aromatic rings. The van der Waals surface area contributed by atoms with Crippen molar-refractivity contribution in [2.75, 3.05) is 6.54 Å². The molecule has 0 bridgehead atoms. The molecule has 0 saturated carbocycles. The third-order valence-corrected chi connectivity index (χ3v) is 2.79. The molecule has 0 amide bonds. The Morgan fingerprint density at radius 2 is 2.46 bits per heavy atom. The van der Waals surface area contributed by atoms with E-state index in [2.05, 4.69) is 5.32 Å². The highest BCUT2D eigenvalue weighted by atomic mass is 16.4. The second-order valence-electron chi connectivity index (χ2n) is 3.55. The lowest BCUT2D eigenvalue weighted by Gasteiger charge is -2.16. The number of carboxylic acid groups (broad SMARTS) is 1. The molecule has 2 rings (SSSR count). The third-order valence-electron chi connectivity index (χ3n) is 2.79. The van der Waals surface area contributed by atoms with E-state index >= 15 is 0 Å². The quantitative estimate of drug-likeness (QED) is 0.634. The van der Waals surface area contributed by atoms with E-state index in [1.54, 1.807) is 0 Å². The number of hydrogen-bond donors (Lipinski definition) is 2. The van der Waals surface area contributed by atoms with Crippen LogP contribution in [-0.2, 0) is 4.79 Å². The molecule has 0 radical (unpaired) electrons. The molecule has 2 N–H and O–H groups in total. The summed E-state index contributed by atoms with van der Waals surface area (Å²) >= 11 is 0. The fourth-order valence-electron chi connectivity index (χ4n) is 2.09. The maximum atomic E-state index is 11.0. The Morgan fingerprint density at radius 3 is 3.23 bits per heavy atom. The van der Waals surface area contributed by atoms with Crippen LogP contribution in [0.2, 0.25) is 0 Å². The van der Waals surface area contributed by atoms with E-state index in [0.717, 1.165) is 18.7 Å². The van der Waals surface area contributed by atoms with Crippen LogP contribution in [0.15, 0.2) is 23.9 Å². The van der Waals surface area contributed by atoms with Crippen LogP contribution < -0.4 is 5.32 Å². The molecule has 2 unspecified atom stereocenters. The first kappa shape index (κ1) is 8.35. The first-order chi connectivity index (χ1) is 6.29. The fraction of sp³-hybridized carbons (Fsp3) is 0.500. The van der Waals surface area contributed by atoms with E-state index in [9.17, 15) is 4.79 Å². The van der Waals surface area contributed by atoms with Gasteiger partial charge in [0.15, 0.2) is 0 Å². The molecular formula is C10H13NO2. The van der Waals surface area contributed by atoms with E-state index in [1.165, 1.54) is 0 Å². The summed E-state index contributed by atoms with van der Waals surface area (Å²) in [4.78, 5) is 11.0. The molecule has 1 aliphatic carbocycles. The molecule has 70 valence electrons. The van der Waals surface area contributed by atoms with Crippen LogP contribution in [0.25, 0.3) is 0 Å². The first-order valence-electron chi connectivity index (χ1n) is 4.62. The zero-order valence-electron chi connectivity index (χ0n) is 7.36. The Bertz CT molecular complexity index is 281. The summed E-state index contributed by atoms with van der Waals surface area (Å²) in [5, 5.41) is 12.3. The number of allylic oxidation sites excluding steroid dienone is 4. The molecule has 2 atom stereocenters. The van der Waals surface area contributed by atoms with Gasteiger partial charge in [0.25, 0.3) is 0 Å². The van der Waals surface area contributed by atoms with E-state index in [4.69, 9.17) is 5.11 Å². The van der Waals surface area contributed by atoms with Gasteiger partial charge in [-0.05, 0) is 18.9 Å². The van der Waals surface area contributed by atoms with Crippen LogP contribution in [0.1, 0.15) is 12.8 Å². The molecule has 1 fully saturated rings. The van der Waals surface area contributed by atoms with Crippen LogP contribution in [0.3, 0.4) is 0 Å². The highest BCUT2D eigenvalue weighted by Gasteiger charge is 2.33. The second kappa shape index (κ2) is 3.24. The standard InChI is InChI=1S/C10H13NO2/c12-10(13)8-3-1-2-4-9-7(8)5-6-11-9/h1-2,4,7-8,11H,3,5-6H2,(H,12,13). The number of carboxylic acids is 1. The summed E-state index contributed by atoms with van der Waals surface area (Å²) in [6.45, 7) is 0.911. The molecule has 1 aliphatic heterocycles. The number of fused-ring (bicyclic) bond motifs is 1. The second-order valence-corrected chi connectivity index (χ2v) is 3.55. The van der Waals surface area contributed by atoms with Crippen molar-refractivity contribution in [1.82, 2.24) is 5.32 Å². The molecule has 0 aromatic carbocycles. The van der Waals surface area contributed by atoms with Gasteiger partial charge in [-0.3, -0.25) is 4.79 Å². The number of nitrogens with one attached hydrogen (secondary N) is 1. The molecule has 3 heteroatoms. The topological polar surface area (TPSA) is 49.3 Å². The van der Waals surface area contributed by atoms with E-state index in [1.807, 2.05) is 18.2 Å². The van der Waals surface area contributed by atoms with Gasteiger partial charge in [0, 0.05) is 18.2 Å². The Balaban J connectivity index is 2.25. The molecular weight excluding hydrogens is 166 g/mol. The zero-order valence-corrected chi connectivity index (χ0v) is 7.36. The average molecular weight is 179 g/mol. The van der Waals surface area contributed by atoms with Crippen molar-refractivity contribution >= 4 is 5.97 Å². The summed E-state index contributed by atoms with van der Waals surface area (Å²) in [6.07, 6.45) is 7.49. The summed E-state index contributed by atoms with van der Waals surface area (Å²) in [5.74, 6) is -0.710. The van der Waals surface area contributed by atoms with Crippen LogP contribution in [0, 0.1) is 11.8 Å². The van der Waals surface area contributed by atoms with Crippen LogP contribution in [-0.4, -0.2) is 17.6 Å². The van der Waals surface area contributed by atoms with Gasteiger partial charge in [-0.2, -0.15) is 0 Å². The minimum atomic E-state index is -0.675.